The molecule has 0 fully saturated rings. The first-order valence-corrected chi connectivity index (χ1v) is 5.58. The number of imidazole rings is 1. The minimum atomic E-state index is 0.776. The van der Waals surface area contributed by atoms with Crippen LogP contribution in [-0.4, -0.2) is 16.1 Å². The molecule has 0 saturated heterocycles. The van der Waals surface area contributed by atoms with Gasteiger partial charge in [-0.3, -0.25) is 0 Å². The number of aryl methyl sites for hydroxylation is 1. The molecule has 4 heteroatoms. The second-order valence-electron chi connectivity index (χ2n) is 3.80. The average molecular weight is 219 g/mol. The summed E-state index contributed by atoms with van der Waals surface area (Å²) in [6.45, 7) is 3.94. The summed E-state index contributed by atoms with van der Waals surface area (Å²) >= 11 is 0. The molecule has 4 nitrogen and oxygen atoms in total. The van der Waals surface area contributed by atoms with Crippen molar-refractivity contribution in [3.05, 3.63) is 30.3 Å². The van der Waals surface area contributed by atoms with Gasteiger partial charge in [-0.05, 0) is 25.1 Å². The number of nitrogens with one attached hydrogen (secondary N) is 1. The largest absolute Gasteiger partial charge is 0.456 e. The first-order chi connectivity index (χ1) is 7.81. The third-order valence-corrected chi connectivity index (χ3v) is 2.43. The van der Waals surface area contributed by atoms with E-state index < -0.39 is 0 Å². The fraction of sp³-hybridized carbons (Fsp3) is 0.417. The minimum absolute atomic E-state index is 0.776. The predicted octanol–water partition coefficient (Wildman–Crippen LogP) is 2.18. The van der Waals surface area contributed by atoms with Crippen molar-refractivity contribution in [3.63, 3.8) is 0 Å². The van der Waals surface area contributed by atoms with Gasteiger partial charge in [0.2, 0.25) is 0 Å². The quantitative estimate of drug-likeness (QED) is 0.784. The second kappa shape index (κ2) is 4.99. The van der Waals surface area contributed by atoms with E-state index in [0.717, 1.165) is 36.9 Å². The van der Waals surface area contributed by atoms with Crippen molar-refractivity contribution >= 4 is 0 Å². The van der Waals surface area contributed by atoms with Crippen LogP contribution in [0, 0.1) is 0 Å². The zero-order valence-electron chi connectivity index (χ0n) is 9.73. The Morgan fingerprint density at radius 2 is 2.31 bits per heavy atom. The number of furan rings is 1. The number of hydrogen-bond donors (Lipinski definition) is 1. The lowest BCUT2D eigenvalue weighted by Gasteiger charge is -1.99. The Balaban J connectivity index is 2.05. The van der Waals surface area contributed by atoms with E-state index >= 15 is 0 Å². The molecule has 0 aliphatic rings. The van der Waals surface area contributed by atoms with Crippen molar-refractivity contribution in [2.75, 3.05) is 6.54 Å². The maximum absolute atomic E-state index is 5.71. The third-order valence-electron chi connectivity index (χ3n) is 2.43. The number of nitrogens with zero attached hydrogens (tertiary/aromatic N) is 2. The predicted molar refractivity (Wildman–Crippen MR) is 62.9 cm³/mol. The summed E-state index contributed by atoms with van der Waals surface area (Å²) < 4.78 is 7.66. The highest BCUT2D eigenvalue weighted by Crippen LogP contribution is 2.19. The maximum Gasteiger partial charge on any atom is 0.175 e. The van der Waals surface area contributed by atoms with Crippen LogP contribution in [-0.2, 0) is 13.6 Å². The molecule has 0 unspecified atom stereocenters. The van der Waals surface area contributed by atoms with Gasteiger partial charge in [-0.25, -0.2) is 4.98 Å². The molecule has 0 amide bonds. The molecule has 0 spiro atoms. The lowest BCUT2D eigenvalue weighted by molar-refractivity contribution is 0.489. The Hall–Kier alpha value is -1.55. The monoisotopic (exact) mass is 219 g/mol. The van der Waals surface area contributed by atoms with Gasteiger partial charge in [0.25, 0.3) is 0 Å². The van der Waals surface area contributed by atoms with E-state index in [9.17, 15) is 0 Å². The van der Waals surface area contributed by atoms with Gasteiger partial charge in [0.05, 0.1) is 6.54 Å². The van der Waals surface area contributed by atoms with Crippen LogP contribution in [0.4, 0.5) is 0 Å². The van der Waals surface area contributed by atoms with Crippen LogP contribution < -0.4 is 5.32 Å². The lowest BCUT2D eigenvalue weighted by atomic mass is 10.4. The molecule has 0 aliphatic heterocycles. The molecule has 0 aromatic carbocycles. The molecule has 86 valence electrons. The van der Waals surface area contributed by atoms with E-state index in [0.29, 0.717) is 0 Å². The highest BCUT2D eigenvalue weighted by atomic mass is 16.3. The lowest BCUT2D eigenvalue weighted by Crippen LogP contribution is -2.12. The van der Waals surface area contributed by atoms with E-state index in [1.54, 1.807) is 6.20 Å². The Bertz CT molecular complexity index is 445. The minimum Gasteiger partial charge on any atom is -0.456 e. The summed E-state index contributed by atoms with van der Waals surface area (Å²) in [5.74, 6) is 2.63. The zero-order valence-corrected chi connectivity index (χ0v) is 9.73. The molecule has 2 aromatic heterocycles. The Morgan fingerprint density at radius 3 is 3.00 bits per heavy atom. The smallest absolute Gasteiger partial charge is 0.175 e. The highest BCUT2D eigenvalue weighted by Gasteiger charge is 2.08. The standard InChI is InChI=1S/C12H17N3O/c1-3-6-13-9-10-4-5-11(16-10)12-14-7-8-15(12)2/h4-5,7-8,13H,3,6,9H2,1-2H3. The molecular weight excluding hydrogens is 202 g/mol. The molecule has 16 heavy (non-hydrogen) atoms. The van der Waals surface area contributed by atoms with E-state index in [2.05, 4.69) is 17.2 Å². The van der Waals surface area contributed by atoms with Gasteiger partial charge >= 0.3 is 0 Å². The van der Waals surface area contributed by atoms with Crippen LogP contribution in [0.3, 0.4) is 0 Å². The van der Waals surface area contributed by atoms with Gasteiger partial charge in [0.1, 0.15) is 5.76 Å². The van der Waals surface area contributed by atoms with Crippen LogP contribution >= 0.6 is 0 Å². The van der Waals surface area contributed by atoms with Crippen LogP contribution in [0.2, 0.25) is 0 Å². The summed E-state index contributed by atoms with van der Waals surface area (Å²) in [6, 6.07) is 3.96. The van der Waals surface area contributed by atoms with E-state index in [1.165, 1.54) is 0 Å². The molecule has 2 heterocycles. The molecule has 0 aliphatic carbocycles. The zero-order chi connectivity index (χ0) is 11.4. The van der Waals surface area contributed by atoms with Crippen molar-refractivity contribution in [1.29, 1.82) is 0 Å². The van der Waals surface area contributed by atoms with Gasteiger partial charge in [0, 0.05) is 19.4 Å². The second-order valence-corrected chi connectivity index (χ2v) is 3.80. The number of rotatable bonds is 5. The summed E-state index contributed by atoms with van der Waals surface area (Å²) in [5.41, 5.74) is 0. The van der Waals surface area contributed by atoms with Crippen molar-refractivity contribution in [2.24, 2.45) is 7.05 Å². The molecule has 0 atom stereocenters. The molecule has 0 radical (unpaired) electrons. The first kappa shape index (κ1) is 11.0. The van der Waals surface area contributed by atoms with Crippen molar-refractivity contribution < 1.29 is 4.42 Å². The highest BCUT2D eigenvalue weighted by molar-refractivity contribution is 5.47. The summed E-state index contributed by atoms with van der Waals surface area (Å²) in [7, 11) is 1.96. The fourth-order valence-corrected chi connectivity index (χ4v) is 1.58. The Morgan fingerprint density at radius 1 is 1.44 bits per heavy atom. The average Bonchev–Trinajstić information content (AvgIpc) is 2.87. The molecular formula is C12H17N3O. The van der Waals surface area contributed by atoms with E-state index in [1.807, 2.05) is 29.9 Å². The van der Waals surface area contributed by atoms with E-state index in [4.69, 9.17) is 4.42 Å². The SMILES string of the molecule is CCCNCc1ccc(-c2nccn2C)o1. The first-order valence-electron chi connectivity index (χ1n) is 5.58. The van der Waals surface area contributed by atoms with Gasteiger partial charge in [-0.15, -0.1) is 0 Å². The molecule has 0 saturated carbocycles. The normalized spacial score (nSPS) is 10.9. The van der Waals surface area contributed by atoms with Crippen LogP contribution in [0.25, 0.3) is 11.6 Å². The van der Waals surface area contributed by atoms with Gasteiger partial charge in [-0.1, -0.05) is 6.92 Å². The van der Waals surface area contributed by atoms with Crippen LogP contribution in [0.5, 0.6) is 0 Å². The molecule has 2 aromatic rings. The topological polar surface area (TPSA) is 43.0 Å². The van der Waals surface area contributed by atoms with Gasteiger partial charge in [0.15, 0.2) is 11.6 Å². The Kier molecular flexibility index (Phi) is 3.41. The summed E-state index contributed by atoms with van der Waals surface area (Å²) in [6.07, 6.45) is 4.81. The van der Waals surface area contributed by atoms with Crippen molar-refractivity contribution in [1.82, 2.24) is 14.9 Å². The van der Waals surface area contributed by atoms with Crippen molar-refractivity contribution in [2.45, 2.75) is 19.9 Å². The molecule has 0 bridgehead atoms. The van der Waals surface area contributed by atoms with Gasteiger partial charge in [-0.2, -0.15) is 0 Å². The van der Waals surface area contributed by atoms with Crippen molar-refractivity contribution in [3.8, 4) is 11.6 Å². The van der Waals surface area contributed by atoms with Crippen LogP contribution in [0.1, 0.15) is 19.1 Å². The number of aromatic nitrogens is 2. The molecule has 2 rings (SSSR count). The maximum atomic E-state index is 5.71. The number of hydrogen-bond acceptors (Lipinski definition) is 3. The van der Waals surface area contributed by atoms with E-state index in [-0.39, 0.29) is 0 Å². The molecule has 1 N–H and O–H groups in total. The van der Waals surface area contributed by atoms with Gasteiger partial charge < -0.3 is 14.3 Å². The summed E-state index contributed by atoms with van der Waals surface area (Å²) in [4.78, 5) is 4.24. The fourth-order valence-electron chi connectivity index (χ4n) is 1.58. The Labute approximate surface area is 95.3 Å². The third kappa shape index (κ3) is 2.33. The van der Waals surface area contributed by atoms with Crippen LogP contribution in [0.15, 0.2) is 28.9 Å². The summed E-state index contributed by atoms with van der Waals surface area (Å²) in [5, 5.41) is 3.30.